The second kappa shape index (κ2) is 11.9. The van der Waals surface area contributed by atoms with Crippen molar-refractivity contribution in [1.82, 2.24) is 10.2 Å². The summed E-state index contributed by atoms with van der Waals surface area (Å²) < 4.78 is 6.02. The summed E-state index contributed by atoms with van der Waals surface area (Å²) in [4.78, 5) is 28.6. The van der Waals surface area contributed by atoms with Crippen LogP contribution < -0.4 is 10.1 Å². The Balaban J connectivity index is 1.53. The molecule has 3 aromatic carbocycles. The van der Waals surface area contributed by atoms with Gasteiger partial charge in [-0.15, -0.1) is 0 Å². The van der Waals surface area contributed by atoms with Crippen LogP contribution in [-0.4, -0.2) is 35.4 Å². The van der Waals surface area contributed by atoms with Crippen LogP contribution in [0.2, 0.25) is 0 Å². The number of carbonyl (C=O) groups is 2. The lowest BCUT2D eigenvalue weighted by Crippen LogP contribution is -2.52. The summed E-state index contributed by atoms with van der Waals surface area (Å²) in [6, 6.07) is 21.6. The Bertz CT molecular complexity index is 1150. The normalized spacial score (nSPS) is 14.9. The van der Waals surface area contributed by atoms with E-state index in [1.807, 2.05) is 74.5 Å². The number of nitrogens with one attached hydrogen (secondary N) is 1. The van der Waals surface area contributed by atoms with Crippen molar-refractivity contribution in [3.8, 4) is 5.75 Å². The van der Waals surface area contributed by atoms with Crippen LogP contribution in [0, 0.1) is 6.92 Å². The van der Waals surface area contributed by atoms with Gasteiger partial charge in [0.2, 0.25) is 5.91 Å². The monoisotopic (exact) mass is 472 g/mol. The molecule has 5 nitrogen and oxygen atoms in total. The molecule has 0 radical (unpaired) electrons. The SMILES string of the molecule is CC[C@@H](C(=O)NC1CCCCC1)N(Cc1cccc(C)c1)C(=O)COc1cccc2ccccc12. The molecule has 0 heterocycles. The minimum Gasteiger partial charge on any atom is -0.483 e. The van der Waals surface area contributed by atoms with Crippen molar-refractivity contribution in [3.05, 3.63) is 77.9 Å². The standard InChI is InChI=1S/C30H36N2O3/c1-3-27(30(34)31-25-15-5-4-6-16-25)32(20-23-12-9-11-22(2)19-23)29(33)21-35-28-18-10-14-24-13-7-8-17-26(24)28/h7-14,17-19,25,27H,3-6,15-16,20-21H2,1-2H3,(H,31,34)/t27-/m0/s1. The first kappa shape index (κ1) is 24.8. The molecular weight excluding hydrogens is 436 g/mol. The number of hydrogen-bond acceptors (Lipinski definition) is 3. The van der Waals surface area contributed by atoms with Gasteiger partial charge in [0.1, 0.15) is 11.8 Å². The van der Waals surface area contributed by atoms with E-state index in [9.17, 15) is 9.59 Å². The molecular formula is C30H36N2O3. The van der Waals surface area contributed by atoms with Crippen LogP contribution in [0.3, 0.4) is 0 Å². The lowest BCUT2D eigenvalue weighted by molar-refractivity contribution is -0.143. The highest BCUT2D eigenvalue weighted by Gasteiger charge is 2.30. The highest BCUT2D eigenvalue weighted by Crippen LogP contribution is 2.25. The average Bonchev–Trinajstić information content (AvgIpc) is 2.87. The topological polar surface area (TPSA) is 58.6 Å². The van der Waals surface area contributed by atoms with Crippen LogP contribution in [0.15, 0.2) is 66.7 Å². The third kappa shape index (κ3) is 6.41. The van der Waals surface area contributed by atoms with Gasteiger partial charge in [-0.3, -0.25) is 9.59 Å². The lowest BCUT2D eigenvalue weighted by Gasteiger charge is -2.32. The quantitative estimate of drug-likeness (QED) is 0.429. The van der Waals surface area contributed by atoms with Crippen molar-refractivity contribution in [3.63, 3.8) is 0 Å². The number of rotatable bonds is 9. The average molecular weight is 473 g/mol. The fraction of sp³-hybridized carbons (Fsp3) is 0.400. The number of amides is 2. The van der Waals surface area contributed by atoms with Crippen molar-refractivity contribution in [1.29, 1.82) is 0 Å². The van der Waals surface area contributed by atoms with Crippen molar-refractivity contribution in [2.24, 2.45) is 0 Å². The summed E-state index contributed by atoms with van der Waals surface area (Å²) in [7, 11) is 0. The molecule has 0 saturated heterocycles. The van der Waals surface area contributed by atoms with Crippen molar-refractivity contribution in [2.45, 2.75) is 71.0 Å². The number of fused-ring (bicyclic) bond motifs is 1. The number of ether oxygens (including phenoxy) is 1. The Kier molecular flexibility index (Phi) is 8.40. The molecule has 4 rings (SSSR count). The van der Waals surface area contributed by atoms with Crippen LogP contribution in [-0.2, 0) is 16.1 Å². The molecule has 0 spiro atoms. The van der Waals surface area contributed by atoms with E-state index >= 15 is 0 Å². The highest BCUT2D eigenvalue weighted by molar-refractivity contribution is 5.90. The van der Waals surface area contributed by atoms with Crippen LogP contribution in [0.25, 0.3) is 10.8 Å². The maximum Gasteiger partial charge on any atom is 0.261 e. The fourth-order valence-electron chi connectivity index (χ4n) is 5.01. The number of hydrogen-bond donors (Lipinski definition) is 1. The van der Waals surface area contributed by atoms with Gasteiger partial charge < -0.3 is 15.0 Å². The molecule has 1 saturated carbocycles. The van der Waals surface area contributed by atoms with Gasteiger partial charge in [0.25, 0.3) is 5.91 Å². The fourth-order valence-corrected chi connectivity index (χ4v) is 5.01. The van der Waals surface area contributed by atoms with Gasteiger partial charge in [-0.2, -0.15) is 0 Å². The molecule has 3 aromatic rings. The number of benzene rings is 3. The van der Waals surface area contributed by atoms with E-state index < -0.39 is 6.04 Å². The third-order valence-electron chi connectivity index (χ3n) is 6.87. The third-order valence-corrected chi connectivity index (χ3v) is 6.87. The maximum absolute atomic E-state index is 13.6. The van der Waals surface area contributed by atoms with Gasteiger partial charge >= 0.3 is 0 Å². The van der Waals surface area contributed by atoms with Gasteiger partial charge in [0.05, 0.1) is 0 Å². The summed E-state index contributed by atoms with van der Waals surface area (Å²) in [5.41, 5.74) is 2.13. The molecule has 35 heavy (non-hydrogen) atoms. The van der Waals surface area contributed by atoms with E-state index in [1.165, 1.54) is 6.42 Å². The van der Waals surface area contributed by atoms with Gasteiger partial charge in [-0.25, -0.2) is 0 Å². The first-order valence-corrected chi connectivity index (χ1v) is 12.8. The first-order valence-electron chi connectivity index (χ1n) is 12.8. The Morgan fingerprint density at radius 3 is 2.51 bits per heavy atom. The van der Waals surface area contributed by atoms with Crippen LogP contribution in [0.5, 0.6) is 5.75 Å². The van der Waals surface area contributed by atoms with Crippen LogP contribution in [0.1, 0.15) is 56.6 Å². The molecule has 0 aliphatic heterocycles. The summed E-state index contributed by atoms with van der Waals surface area (Å²) >= 11 is 0. The zero-order valence-corrected chi connectivity index (χ0v) is 20.8. The molecule has 1 fully saturated rings. The molecule has 1 aliphatic carbocycles. The van der Waals surface area contributed by atoms with Gasteiger partial charge in [-0.05, 0) is 43.2 Å². The van der Waals surface area contributed by atoms with Gasteiger partial charge in [0, 0.05) is 18.0 Å². The molecule has 0 unspecified atom stereocenters. The Hall–Kier alpha value is -3.34. The Morgan fingerprint density at radius 2 is 1.74 bits per heavy atom. The molecule has 1 aliphatic rings. The summed E-state index contributed by atoms with van der Waals surface area (Å²) in [5, 5.41) is 5.26. The smallest absolute Gasteiger partial charge is 0.261 e. The molecule has 2 amide bonds. The molecule has 184 valence electrons. The van der Waals surface area contributed by atoms with Crippen LogP contribution >= 0.6 is 0 Å². The largest absolute Gasteiger partial charge is 0.483 e. The Morgan fingerprint density at radius 1 is 1.00 bits per heavy atom. The van der Waals surface area contributed by atoms with Crippen LogP contribution in [0.4, 0.5) is 0 Å². The highest BCUT2D eigenvalue weighted by atomic mass is 16.5. The molecule has 0 bridgehead atoms. The van der Waals surface area contributed by atoms with E-state index in [0.717, 1.165) is 47.6 Å². The van der Waals surface area contributed by atoms with E-state index in [4.69, 9.17) is 4.74 Å². The predicted octanol–water partition coefficient (Wildman–Crippen LogP) is 5.78. The van der Waals surface area contributed by atoms with Crippen molar-refractivity contribution >= 4 is 22.6 Å². The Labute approximate surface area is 208 Å². The first-order chi connectivity index (χ1) is 17.0. The zero-order chi connectivity index (χ0) is 24.6. The lowest BCUT2D eigenvalue weighted by atomic mass is 9.95. The van der Waals surface area contributed by atoms with E-state index in [0.29, 0.717) is 18.7 Å². The zero-order valence-electron chi connectivity index (χ0n) is 20.8. The summed E-state index contributed by atoms with van der Waals surface area (Å²) in [6.45, 7) is 4.25. The molecule has 1 atom stereocenters. The molecule has 5 heteroatoms. The minimum absolute atomic E-state index is 0.0643. The van der Waals surface area contributed by atoms with E-state index in [1.54, 1.807) is 4.90 Å². The van der Waals surface area contributed by atoms with E-state index in [2.05, 4.69) is 11.4 Å². The maximum atomic E-state index is 13.6. The van der Waals surface area contributed by atoms with Crippen molar-refractivity contribution in [2.75, 3.05) is 6.61 Å². The molecule has 1 N–H and O–H groups in total. The number of carbonyl (C=O) groups excluding carboxylic acids is 2. The van der Waals surface area contributed by atoms with E-state index in [-0.39, 0.29) is 24.5 Å². The second-order valence-corrected chi connectivity index (χ2v) is 9.54. The molecule has 0 aromatic heterocycles. The van der Waals surface area contributed by atoms with Gasteiger partial charge in [0.15, 0.2) is 6.61 Å². The predicted molar refractivity (Wildman–Crippen MR) is 140 cm³/mol. The minimum atomic E-state index is -0.541. The number of nitrogens with zero attached hydrogens (tertiary/aromatic N) is 1. The second-order valence-electron chi connectivity index (χ2n) is 9.54. The van der Waals surface area contributed by atoms with Gasteiger partial charge in [-0.1, -0.05) is 92.4 Å². The number of aryl methyl sites for hydroxylation is 1. The summed E-state index contributed by atoms with van der Waals surface area (Å²) in [6.07, 6.45) is 6.09. The van der Waals surface area contributed by atoms with Crippen molar-refractivity contribution < 1.29 is 14.3 Å². The summed E-state index contributed by atoms with van der Waals surface area (Å²) in [5.74, 6) is 0.419.